The lowest BCUT2D eigenvalue weighted by Crippen LogP contribution is -2.30. The van der Waals surface area contributed by atoms with Crippen LogP contribution in [0, 0.1) is 0 Å². The molecule has 0 radical (unpaired) electrons. The summed E-state index contributed by atoms with van der Waals surface area (Å²) in [5.41, 5.74) is 0. The average Bonchev–Trinajstić information content (AvgIpc) is 3.35. The maximum Gasteiger partial charge on any atom is 0.306 e. The smallest absolute Gasteiger partial charge is 0.306 e. The Kier molecular flexibility index (Phi) is 53.9. The van der Waals surface area contributed by atoms with Gasteiger partial charge in [0.25, 0.3) is 0 Å². The van der Waals surface area contributed by atoms with Crippen LogP contribution in [0.2, 0.25) is 0 Å². The number of unbranched alkanes of at least 4 members (excludes halogenated alkanes) is 24. The number of carbonyl (C=O) groups excluding carboxylic acids is 3. The van der Waals surface area contributed by atoms with E-state index in [9.17, 15) is 14.4 Å². The van der Waals surface area contributed by atoms with Crippen LogP contribution in [0.1, 0.15) is 265 Å². The molecule has 6 heteroatoms. The van der Waals surface area contributed by atoms with Crippen molar-refractivity contribution >= 4 is 17.9 Å². The number of hydrogen-bond acceptors (Lipinski definition) is 6. The van der Waals surface area contributed by atoms with Crippen molar-refractivity contribution in [3.05, 3.63) is 97.2 Å². The highest BCUT2D eigenvalue weighted by atomic mass is 16.6. The Morgan fingerprint density at radius 3 is 0.899 bits per heavy atom. The van der Waals surface area contributed by atoms with Gasteiger partial charge in [0, 0.05) is 19.3 Å². The highest BCUT2D eigenvalue weighted by molar-refractivity contribution is 5.71. The van der Waals surface area contributed by atoms with E-state index in [4.69, 9.17) is 14.2 Å². The predicted molar refractivity (Wildman–Crippen MR) is 297 cm³/mol. The van der Waals surface area contributed by atoms with Crippen molar-refractivity contribution in [3.8, 4) is 0 Å². The maximum absolute atomic E-state index is 12.8. The van der Waals surface area contributed by atoms with E-state index in [1.54, 1.807) is 0 Å². The predicted octanol–water partition coefficient (Wildman–Crippen LogP) is 19.3. The molecule has 0 aliphatic rings. The number of esters is 3. The second-order valence-corrected chi connectivity index (χ2v) is 18.8. The third-order valence-electron chi connectivity index (χ3n) is 12.1. The van der Waals surface area contributed by atoms with Crippen molar-refractivity contribution in [2.24, 2.45) is 0 Å². The van der Waals surface area contributed by atoms with E-state index in [0.29, 0.717) is 19.3 Å². The van der Waals surface area contributed by atoms with E-state index < -0.39 is 6.10 Å². The van der Waals surface area contributed by atoms with Gasteiger partial charge in [0.2, 0.25) is 0 Å². The molecular weight excluding hydrogens is 853 g/mol. The molecule has 0 saturated heterocycles. The molecule has 0 aromatic carbocycles. The molecule has 0 spiro atoms. The van der Waals surface area contributed by atoms with Crippen molar-refractivity contribution in [1.82, 2.24) is 0 Å². The van der Waals surface area contributed by atoms with Gasteiger partial charge in [-0.1, -0.05) is 240 Å². The SMILES string of the molecule is CC/C=C\C/C=C\C/C=C\C/C=C\C/C=C\C/C=C\CCCCCCCCCCCCC(=O)OCC(COC(=O)CCCCCCCC)OC(=O)CCCCCCC/C=C\C/C=C\CCCCCC. The molecule has 0 aliphatic heterocycles. The minimum Gasteiger partial charge on any atom is -0.462 e. The van der Waals surface area contributed by atoms with Crippen LogP contribution in [0.3, 0.4) is 0 Å². The number of hydrogen-bond donors (Lipinski definition) is 0. The summed E-state index contributed by atoms with van der Waals surface area (Å²) in [6, 6.07) is 0. The van der Waals surface area contributed by atoms with Gasteiger partial charge in [0.15, 0.2) is 6.10 Å². The Bertz CT molecular complexity index is 1380. The van der Waals surface area contributed by atoms with Crippen molar-refractivity contribution < 1.29 is 28.6 Å². The largest absolute Gasteiger partial charge is 0.462 e. The van der Waals surface area contributed by atoms with Gasteiger partial charge in [0.05, 0.1) is 0 Å². The molecule has 0 heterocycles. The van der Waals surface area contributed by atoms with Crippen LogP contribution in [0.5, 0.6) is 0 Å². The Hall–Kier alpha value is -3.67. The fourth-order valence-electron chi connectivity index (χ4n) is 7.77. The van der Waals surface area contributed by atoms with Gasteiger partial charge < -0.3 is 14.2 Å². The molecule has 0 fully saturated rings. The van der Waals surface area contributed by atoms with Crippen LogP contribution in [0.25, 0.3) is 0 Å². The first-order valence-electron chi connectivity index (χ1n) is 28.7. The second-order valence-electron chi connectivity index (χ2n) is 18.8. The summed E-state index contributed by atoms with van der Waals surface area (Å²) in [6.07, 6.45) is 75.7. The van der Waals surface area contributed by atoms with Crippen LogP contribution in [-0.4, -0.2) is 37.2 Å². The van der Waals surface area contributed by atoms with Gasteiger partial charge in [-0.05, 0) is 103 Å². The van der Waals surface area contributed by atoms with Crippen molar-refractivity contribution in [1.29, 1.82) is 0 Å². The first kappa shape index (κ1) is 65.3. The molecule has 0 aromatic heterocycles. The molecular formula is C63H106O6. The maximum atomic E-state index is 12.8. The number of carbonyl (C=O) groups is 3. The molecule has 1 unspecified atom stereocenters. The van der Waals surface area contributed by atoms with Crippen molar-refractivity contribution in [2.45, 2.75) is 271 Å². The average molecular weight is 960 g/mol. The Labute approximate surface area is 426 Å². The fraction of sp³-hybridized carbons (Fsp3) is 0.698. The quantitative estimate of drug-likeness (QED) is 0.0262. The normalized spacial score (nSPS) is 12.8. The zero-order chi connectivity index (χ0) is 50.0. The topological polar surface area (TPSA) is 78.9 Å². The van der Waals surface area contributed by atoms with Crippen molar-refractivity contribution in [3.63, 3.8) is 0 Å². The molecule has 0 aromatic rings. The molecule has 0 saturated carbocycles. The van der Waals surface area contributed by atoms with Gasteiger partial charge in [0.1, 0.15) is 13.2 Å². The van der Waals surface area contributed by atoms with E-state index in [1.165, 1.54) is 103 Å². The zero-order valence-electron chi connectivity index (χ0n) is 45.0. The van der Waals surface area contributed by atoms with Gasteiger partial charge in [-0.2, -0.15) is 0 Å². The number of rotatable bonds is 51. The van der Waals surface area contributed by atoms with Gasteiger partial charge >= 0.3 is 17.9 Å². The van der Waals surface area contributed by atoms with Crippen molar-refractivity contribution in [2.75, 3.05) is 13.2 Å². The minimum absolute atomic E-state index is 0.0839. The Morgan fingerprint density at radius 2 is 0.565 bits per heavy atom. The third-order valence-corrected chi connectivity index (χ3v) is 12.1. The van der Waals surface area contributed by atoms with Gasteiger partial charge in [-0.15, -0.1) is 0 Å². The van der Waals surface area contributed by atoms with E-state index >= 15 is 0 Å². The highest BCUT2D eigenvalue weighted by Gasteiger charge is 2.19. The summed E-state index contributed by atoms with van der Waals surface area (Å²) in [5.74, 6) is -0.910. The first-order valence-corrected chi connectivity index (χ1v) is 28.7. The summed E-state index contributed by atoms with van der Waals surface area (Å²) in [7, 11) is 0. The minimum atomic E-state index is -0.783. The second kappa shape index (κ2) is 56.9. The highest BCUT2D eigenvalue weighted by Crippen LogP contribution is 2.15. The molecule has 69 heavy (non-hydrogen) atoms. The number of allylic oxidation sites excluding steroid dienone is 16. The Morgan fingerprint density at radius 1 is 0.304 bits per heavy atom. The van der Waals surface area contributed by atoms with Crippen LogP contribution in [0.15, 0.2) is 97.2 Å². The molecule has 0 rings (SSSR count). The molecule has 0 amide bonds. The molecule has 394 valence electrons. The molecule has 6 nitrogen and oxygen atoms in total. The summed E-state index contributed by atoms with van der Waals surface area (Å²) < 4.78 is 16.7. The molecule has 0 aliphatic carbocycles. The lowest BCUT2D eigenvalue weighted by atomic mass is 10.1. The van der Waals surface area contributed by atoms with Crippen LogP contribution in [0.4, 0.5) is 0 Å². The third kappa shape index (κ3) is 55.1. The van der Waals surface area contributed by atoms with E-state index in [-0.39, 0.29) is 31.1 Å². The monoisotopic (exact) mass is 959 g/mol. The summed E-state index contributed by atoms with van der Waals surface area (Å²) >= 11 is 0. The summed E-state index contributed by atoms with van der Waals surface area (Å²) in [4.78, 5) is 37.9. The fourth-order valence-corrected chi connectivity index (χ4v) is 7.77. The van der Waals surface area contributed by atoms with Crippen LogP contribution in [-0.2, 0) is 28.6 Å². The molecule has 1 atom stereocenters. The summed E-state index contributed by atoms with van der Waals surface area (Å²) in [5, 5.41) is 0. The molecule has 0 bridgehead atoms. The Balaban J connectivity index is 4.13. The van der Waals surface area contributed by atoms with Crippen LogP contribution < -0.4 is 0 Å². The molecule has 0 N–H and O–H groups in total. The number of ether oxygens (including phenoxy) is 3. The van der Waals surface area contributed by atoms with Gasteiger partial charge in [-0.3, -0.25) is 14.4 Å². The van der Waals surface area contributed by atoms with E-state index in [2.05, 4.69) is 118 Å². The zero-order valence-corrected chi connectivity index (χ0v) is 45.0. The lowest BCUT2D eigenvalue weighted by molar-refractivity contribution is -0.167. The van der Waals surface area contributed by atoms with Crippen LogP contribution >= 0.6 is 0 Å². The summed E-state index contributed by atoms with van der Waals surface area (Å²) in [6.45, 7) is 6.43. The first-order chi connectivity index (χ1) is 34.0. The lowest BCUT2D eigenvalue weighted by Gasteiger charge is -2.18. The van der Waals surface area contributed by atoms with E-state index in [1.807, 2.05) is 0 Å². The van der Waals surface area contributed by atoms with E-state index in [0.717, 1.165) is 122 Å². The van der Waals surface area contributed by atoms with Gasteiger partial charge in [-0.25, -0.2) is 0 Å². The standard InChI is InChI=1S/C63H106O6/c1-4-7-10-13-16-18-20-22-24-26-27-28-29-30-31-32-33-34-35-36-37-38-40-41-43-45-47-50-53-56-62(65)68-59-60(58-67-61(64)55-52-49-15-12-9-6-3)69-63(66)57-54-51-48-46-44-42-39-25-23-21-19-17-14-11-8-5-2/h7,10,16,18-19,21-22,24-25,27-28,30-31,33-34,39,60H,4-6,8-9,11-15,17,20,23,26,29,32,35-38,40-59H2,1-3H3/b10-7-,18-16-,21-19-,24-22-,28-27-,31-30-,34-33-,39-25-.